The van der Waals surface area contributed by atoms with Gasteiger partial charge in [0.15, 0.2) is 0 Å². The average Bonchev–Trinajstić information content (AvgIpc) is 3.35. The standard InChI is InChI=1S/C17H28N4/c1-4-9-18-16-14(11(2)3)17(20-10-19-16)21-15(12-5-6-12)13-7-8-13/h10-13,15H,4-9H2,1-3H3,(H2,18,19,20,21). The van der Waals surface area contributed by atoms with Crippen molar-refractivity contribution in [1.29, 1.82) is 0 Å². The molecule has 4 nitrogen and oxygen atoms in total. The van der Waals surface area contributed by atoms with E-state index in [4.69, 9.17) is 0 Å². The molecule has 1 aromatic rings. The van der Waals surface area contributed by atoms with Gasteiger partial charge in [0.2, 0.25) is 0 Å². The first kappa shape index (κ1) is 14.6. The summed E-state index contributed by atoms with van der Waals surface area (Å²) in [5, 5.41) is 7.24. The third kappa shape index (κ3) is 3.47. The minimum Gasteiger partial charge on any atom is -0.370 e. The lowest BCUT2D eigenvalue weighted by molar-refractivity contribution is 0.564. The largest absolute Gasteiger partial charge is 0.370 e. The van der Waals surface area contributed by atoms with Gasteiger partial charge in [0.1, 0.15) is 18.0 Å². The number of nitrogens with one attached hydrogen (secondary N) is 2. The van der Waals surface area contributed by atoms with Crippen LogP contribution < -0.4 is 10.6 Å². The molecule has 0 atom stereocenters. The number of hydrogen-bond donors (Lipinski definition) is 2. The van der Waals surface area contributed by atoms with E-state index in [-0.39, 0.29) is 0 Å². The van der Waals surface area contributed by atoms with Gasteiger partial charge in [-0.25, -0.2) is 9.97 Å². The van der Waals surface area contributed by atoms with Crippen LogP contribution in [0, 0.1) is 11.8 Å². The molecule has 0 radical (unpaired) electrons. The SMILES string of the molecule is CCCNc1ncnc(NC(C2CC2)C2CC2)c1C(C)C. The topological polar surface area (TPSA) is 49.8 Å². The van der Waals surface area contributed by atoms with E-state index in [9.17, 15) is 0 Å². The van der Waals surface area contributed by atoms with Gasteiger partial charge < -0.3 is 10.6 Å². The maximum atomic E-state index is 4.57. The van der Waals surface area contributed by atoms with E-state index in [2.05, 4.69) is 41.4 Å². The quantitative estimate of drug-likeness (QED) is 0.758. The van der Waals surface area contributed by atoms with Crippen LogP contribution in [0.15, 0.2) is 6.33 Å². The lowest BCUT2D eigenvalue weighted by Gasteiger charge is -2.23. The van der Waals surface area contributed by atoms with Gasteiger partial charge in [-0.3, -0.25) is 0 Å². The molecular formula is C17H28N4. The van der Waals surface area contributed by atoms with Crippen molar-refractivity contribution in [2.45, 2.75) is 64.8 Å². The van der Waals surface area contributed by atoms with E-state index >= 15 is 0 Å². The van der Waals surface area contributed by atoms with E-state index in [1.54, 1.807) is 6.33 Å². The Labute approximate surface area is 128 Å². The van der Waals surface area contributed by atoms with Gasteiger partial charge >= 0.3 is 0 Å². The summed E-state index contributed by atoms with van der Waals surface area (Å²) in [4.78, 5) is 9.03. The lowest BCUT2D eigenvalue weighted by atomic mass is 10.0. The molecule has 0 aromatic carbocycles. The fourth-order valence-corrected chi connectivity index (χ4v) is 3.13. The van der Waals surface area contributed by atoms with Crippen LogP contribution >= 0.6 is 0 Å². The molecule has 0 saturated heterocycles. The summed E-state index contributed by atoms with van der Waals surface area (Å²) in [6.07, 6.45) is 8.35. The van der Waals surface area contributed by atoms with Crippen molar-refractivity contribution in [3.8, 4) is 0 Å². The second kappa shape index (κ2) is 6.20. The Hall–Kier alpha value is -1.32. The number of aromatic nitrogens is 2. The van der Waals surface area contributed by atoms with Crippen LogP contribution in [0.25, 0.3) is 0 Å². The Morgan fingerprint density at radius 1 is 1.10 bits per heavy atom. The maximum Gasteiger partial charge on any atom is 0.135 e. The average molecular weight is 288 g/mol. The monoisotopic (exact) mass is 288 g/mol. The summed E-state index contributed by atoms with van der Waals surface area (Å²) in [6, 6.07) is 0.636. The van der Waals surface area contributed by atoms with Crippen LogP contribution in [-0.4, -0.2) is 22.6 Å². The number of anilines is 2. The Morgan fingerprint density at radius 2 is 1.71 bits per heavy atom. The number of rotatable bonds is 8. The fraction of sp³-hybridized carbons (Fsp3) is 0.765. The van der Waals surface area contributed by atoms with E-state index in [1.807, 2.05) is 0 Å². The predicted molar refractivity (Wildman–Crippen MR) is 87.8 cm³/mol. The van der Waals surface area contributed by atoms with Gasteiger partial charge in [-0.2, -0.15) is 0 Å². The van der Waals surface area contributed by atoms with E-state index in [0.717, 1.165) is 36.4 Å². The van der Waals surface area contributed by atoms with Gasteiger partial charge in [0.25, 0.3) is 0 Å². The molecule has 2 N–H and O–H groups in total. The highest BCUT2D eigenvalue weighted by atomic mass is 15.1. The van der Waals surface area contributed by atoms with Crippen molar-refractivity contribution in [3.63, 3.8) is 0 Å². The van der Waals surface area contributed by atoms with Gasteiger partial charge in [-0.15, -0.1) is 0 Å². The molecule has 0 spiro atoms. The van der Waals surface area contributed by atoms with Gasteiger partial charge in [0, 0.05) is 18.2 Å². The summed E-state index contributed by atoms with van der Waals surface area (Å²) < 4.78 is 0. The molecule has 2 fully saturated rings. The normalized spacial score (nSPS) is 18.3. The molecule has 2 saturated carbocycles. The highest BCUT2D eigenvalue weighted by molar-refractivity contribution is 5.59. The summed E-state index contributed by atoms with van der Waals surface area (Å²) in [6.45, 7) is 7.60. The second-order valence-corrected chi connectivity index (χ2v) is 6.91. The first-order valence-corrected chi connectivity index (χ1v) is 8.56. The van der Waals surface area contributed by atoms with Crippen LogP contribution in [0.1, 0.15) is 64.4 Å². The Kier molecular flexibility index (Phi) is 4.32. The van der Waals surface area contributed by atoms with E-state index in [1.165, 1.54) is 31.2 Å². The molecule has 0 bridgehead atoms. The molecule has 0 aliphatic heterocycles. The fourth-order valence-electron chi connectivity index (χ4n) is 3.13. The Morgan fingerprint density at radius 3 is 2.24 bits per heavy atom. The molecule has 116 valence electrons. The molecule has 4 heteroatoms. The van der Waals surface area contributed by atoms with Gasteiger partial charge in [-0.05, 0) is 49.9 Å². The third-order valence-corrected chi connectivity index (χ3v) is 4.57. The van der Waals surface area contributed by atoms with Crippen LogP contribution in [0.2, 0.25) is 0 Å². The van der Waals surface area contributed by atoms with Gasteiger partial charge in [0.05, 0.1) is 0 Å². The van der Waals surface area contributed by atoms with Crippen LogP contribution in [0.5, 0.6) is 0 Å². The molecule has 21 heavy (non-hydrogen) atoms. The Balaban J connectivity index is 1.82. The number of nitrogens with zero attached hydrogens (tertiary/aromatic N) is 2. The smallest absolute Gasteiger partial charge is 0.135 e. The zero-order chi connectivity index (χ0) is 14.8. The van der Waals surface area contributed by atoms with Crippen molar-refractivity contribution in [2.24, 2.45) is 11.8 Å². The molecule has 3 rings (SSSR count). The third-order valence-electron chi connectivity index (χ3n) is 4.57. The molecule has 0 amide bonds. The maximum absolute atomic E-state index is 4.57. The summed E-state index contributed by atoms with van der Waals surface area (Å²) in [5.74, 6) is 4.24. The molecule has 1 heterocycles. The first-order valence-electron chi connectivity index (χ1n) is 8.56. The van der Waals surface area contributed by atoms with Crippen molar-refractivity contribution in [2.75, 3.05) is 17.2 Å². The molecule has 2 aliphatic rings. The van der Waals surface area contributed by atoms with E-state index < -0.39 is 0 Å². The van der Waals surface area contributed by atoms with Crippen LogP contribution in [-0.2, 0) is 0 Å². The molecule has 1 aromatic heterocycles. The highest BCUT2D eigenvalue weighted by Crippen LogP contribution is 2.46. The summed E-state index contributed by atoms with van der Waals surface area (Å²) >= 11 is 0. The first-order chi connectivity index (χ1) is 10.2. The van der Waals surface area contributed by atoms with Crippen molar-refractivity contribution >= 4 is 11.6 Å². The summed E-state index contributed by atoms with van der Waals surface area (Å²) in [5.41, 5.74) is 1.25. The van der Waals surface area contributed by atoms with Crippen LogP contribution in [0.3, 0.4) is 0 Å². The molecule has 2 aliphatic carbocycles. The van der Waals surface area contributed by atoms with Crippen LogP contribution in [0.4, 0.5) is 11.6 Å². The predicted octanol–water partition coefficient (Wildman–Crippen LogP) is 4.02. The van der Waals surface area contributed by atoms with Crippen molar-refractivity contribution in [1.82, 2.24) is 9.97 Å². The van der Waals surface area contributed by atoms with Gasteiger partial charge in [-0.1, -0.05) is 20.8 Å². The van der Waals surface area contributed by atoms with Crippen molar-refractivity contribution < 1.29 is 0 Å². The minimum atomic E-state index is 0.423. The Bertz CT molecular complexity index is 466. The zero-order valence-electron chi connectivity index (χ0n) is 13.5. The second-order valence-electron chi connectivity index (χ2n) is 6.91. The van der Waals surface area contributed by atoms with Crippen molar-refractivity contribution in [3.05, 3.63) is 11.9 Å². The zero-order valence-corrected chi connectivity index (χ0v) is 13.5. The minimum absolute atomic E-state index is 0.423. The molecule has 0 unspecified atom stereocenters. The lowest BCUT2D eigenvalue weighted by Crippen LogP contribution is -2.26. The number of hydrogen-bond acceptors (Lipinski definition) is 4. The summed E-state index contributed by atoms with van der Waals surface area (Å²) in [7, 11) is 0. The molecular weight excluding hydrogens is 260 g/mol. The van der Waals surface area contributed by atoms with E-state index in [0.29, 0.717) is 12.0 Å². The highest BCUT2D eigenvalue weighted by Gasteiger charge is 2.42.